The van der Waals surface area contributed by atoms with Crippen LogP contribution in [0.3, 0.4) is 0 Å². The molecule has 0 unspecified atom stereocenters. The Hall–Kier alpha value is -2.01. The molecule has 0 aliphatic heterocycles. The van der Waals surface area contributed by atoms with Gasteiger partial charge in [0.25, 0.3) is 0 Å². The number of amides is 2. The number of nitrogens with one attached hydrogen (secondary N) is 2. The van der Waals surface area contributed by atoms with Crippen LogP contribution in [0.5, 0.6) is 5.75 Å². The highest BCUT2D eigenvalue weighted by molar-refractivity contribution is 9.10. The molecule has 0 aromatic heterocycles. The van der Waals surface area contributed by atoms with Crippen molar-refractivity contribution in [2.24, 2.45) is 0 Å². The topological polar surface area (TPSA) is 50.4 Å². The third-order valence-corrected chi connectivity index (χ3v) is 3.37. The second kappa shape index (κ2) is 7.69. The van der Waals surface area contributed by atoms with Crippen molar-refractivity contribution in [2.45, 2.75) is 6.92 Å². The predicted octanol–water partition coefficient (Wildman–Crippen LogP) is 3.96. The van der Waals surface area contributed by atoms with E-state index in [0.29, 0.717) is 13.2 Å². The Bertz CT molecular complexity index is 599. The van der Waals surface area contributed by atoms with Gasteiger partial charge in [-0.2, -0.15) is 0 Å². The first-order valence-corrected chi connectivity index (χ1v) is 7.43. The summed E-state index contributed by atoms with van der Waals surface area (Å²) in [6.45, 7) is 2.86. The van der Waals surface area contributed by atoms with E-state index in [2.05, 4.69) is 26.6 Å². The van der Waals surface area contributed by atoms with Crippen LogP contribution in [-0.4, -0.2) is 19.2 Å². The molecule has 2 N–H and O–H groups in total. The molecule has 21 heavy (non-hydrogen) atoms. The number of urea groups is 1. The summed E-state index contributed by atoms with van der Waals surface area (Å²) in [5, 5.41) is 5.50. The number of benzene rings is 2. The first-order chi connectivity index (χ1) is 10.1. The minimum Gasteiger partial charge on any atom is -0.491 e. The molecule has 2 aromatic carbocycles. The standard InChI is InChI=1S/C16H17BrN2O2/c1-12-4-2-3-5-15(12)21-11-10-18-16(20)19-14-8-6-13(17)7-9-14/h2-9H,10-11H2,1H3,(H2,18,19,20). The van der Waals surface area contributed by atoms with Crippen LogP contribution in [0, 0.1) is 6.92 Å². The minimum absolute atomic E-state index is 0.245. The Morgan fingerprint density at radius 2 is 1.86 bits per heavy atom. The zero-order valence-corrected chi connectivity index (χ0v) is 13.3. The zero-order valence-electron chi connectivity index (χ0n) is 11.7. The van der Waals surface area contributed by atoms with Crippen LogP contribution in [0.1, 0.15) is 5.56 Å². The normalized spacial score (nSPS) is 10.0. The van der Waals surface area contributed by atoms with Gasteiger partial charge in [-0.05, 0) is 42.8 Å². The van der Waals surface area contributed by atoms with Crippen LogP contribution >= 0.6 is 15.9 Å². The van der Waals surface area contributed by atoms with Gasteiger partial charge in [0.15, 0.2) is 0 Å². The zero-order chi connectivity index (χ0) is 15.1. The van der Waals surface area contributed by atoms with Crippen molar-refractivity contribution in [1.29, 1.82) is 0 Å². The van der Waals surface area contributed by atoms with E-state index in [0.717, 1.165) is 21.5 Å². The number of ether oxygens (including phenoxy) is 1. The van der Waals surface area contributed by atoms with Crippen molar-refractivity contribution in [2.75, 3.05) is 18.5 Å². The van der Waals surface area contributed by atoms with E-state index in [1.54, 1.807) is 0 Å². The summed E-state index contributed by atoms with van der Waals surface area (Å²) in [6.07, 6.45) is 0. The summed E-state index contributed by atoms with van der Waals surface area (Å²) in [5.74, 6) is 0.840. The highest BCUT2D eigenvalue weighted by Crippen LogP contribution is 2.15. The molecule has 0 atom stereocenters. The maximum Gasteiger partial charge on any atom is 0.319 e. The van der Waals surface area contributed by atoms with Crippen LogP contribution in [0.2, 0.25) is 0 Å². The first kappa shape index (κ1) is 15.4. The quantitative estimate of drug-likeness (QED) is 0.803. The smallest absolute Gasteiger partial charge is 0.319 e. The first-order valence-electron chi connectivity index (χ1n) is 6.64. The van der Waals surface area contributed by atoms with Crippen molar-refractivity contribution in [3.8, 4) is 5.75 Å². The average Bonchev–Trinajstić information content (AvgIpc) is 2.48. The second-order valence-corrected chi connectivity index (χ2v) is 5.42. The van der Waals surface area contributed by atoms with Crippen molar-refractivity contribution in [3.63, 3.8) is 0 Å². The van der Waals surface area contributed by atoms with E-state index in [1.807, 2.05) is 55.5 Å². The highest BCUT2D eigenvalue weighted by Gasteiger charge is 2.02. The molecule has 5 heteroatoms. The number of hydrogen-bond donors (Lipinski definition) is 2. The molecule has 0 aliphatic carbocycles. The SMILES string of the molecule is Cc1ccccc1OCCNC(=O)Nc1ccc(Br)cc1. The van der Waals surface area contributed by atoms with Gasteiger partial charge in [-0.15, -0.1) is 0 Å². The Morgan fingerprint density at radius 1 is 1.14 bits per heavy atom. The number of carbonyl (C=O) groups excluding carboxylic acids is 1. The number of rotatable bonds is 5. The fourth-order valence-corrected chi connectivity index (χ4v) is 2.02. The highest BCUT2D eigenvalue weighted by atomic mass is 79.9. The number of hydrogen-bond acceptors (Lipinski definition) is 2. The molecule has 0 fully saturated rings. The minimum atomic E-state index is -0.245. The summed E-state index contributed by atoms with van der Waals surface area (Å²) in [7, 11) is 0. The maximum atomic E-state index is 11.7. The number of anilines is 1. The van der Waals surface area contributed by atoms with Gasteiger partial charge in [0.2, 0.25) is 0 Å². The van der Waals surface area contributed by atoms with Crippen LogP contribution in [0.4, 0.5) is 10.5 Å². The van der Waals surface area contributed by atoms with Crippen molar-refractivity contribution < 1.29 is 9.53 Å². The Labute approximate surface area is 132 Å². The van der Waals surface area contributed by atoms with Gasteiger partial charge in [-0.25, -0.2) is 4.79 Å². The van der Waals surface area contributed by atoms with Crippen LogP contribution < -0.4 is 15.4 Å². The van der Waals surface area contributed by atoms with E-state index in [4.69, 9.17) is 4.74 Å². The molecule has 0 radical (unpaired) electrons. The van der Waals surface area contributed by atoms with Crippen molar-refractivity contribution in [1.82, 2.24) is 5.32 Å². The molecule has 2 aromatic rings. The van der Waals surface area contributed by atoms with Crippen molar-refractivity contribution >= 4 is 27.6 Å². The molecule has 0 bridgehead atoms. The molecule has 2 rings (SSSR count). The predicted molar refractivity (Wildman–Crippen MR) is 87.8 cm³/mol. The van der Waals surface area contributed by atoms with Crippen LogP contribution in [0.25, 0.3) is 0 Å². The maximum absolute atomic E-state index is 11.7. The van der Waals surface area contributed by atoms with E-state index in [1.165, 1.54) is 0 Å². The fourth-order valence-electron chi connectivity index (χ4n) is 1.75. The molecule has 0 saturated heterocycles. The molecule has 0 heterocycles. The number of carbonyl (C=O) groups is 1. The largest absolute Gasteiger partial charge is 0.491 e. The lowest BCUT2D eigenvalue weighted by Crippen LogP contribution is -2.32. The van der Waals surface area contributed by atoms with Crippen LogP contribution in [-0.2, 0) is 0 Å². The lowest BCUT2D eigenvalue weighted by atomic mass is 10.2. The van der Waals surface area contributed by atoms with E-state index >= 15 is 0 Å². The molecule has 0 spiro atoms. The third kappa shape index (κ3) is 5.11. The fraction of sp³-hybridized carbons (Fsp3) is 0.188. The number of aryl methyl sites for hydroxylation is 1. The third-order valence-electron chi connectivity index (χ3n) is 2.84. The van der Waals surface area contributed by atoms with Gasteiger partial charge < -0.3 is 15.4 Å². The lowest BCUT2D eigenvalue weighted by molar-refractivity contribution is 0.247. The molecule has 110 valence electrons. The van der Waals surface area contributed by atoms with Gasteiger partial charge in [0.1, 0.15) is 12.4 Å². The second-order valence-electron chi connectivity index (χ2n) is 4.50. The van der Waals surface area contributed by atoms with E-state index in [9.17, 15) is 4.79 Å². The average molecular weight is 349 g/mol. The van der Waals surface area contributed by atoms with Gasteiger partial charge >= 0.3 is 6.03 Å². The monoisotopic (exact) mass is 348 g/mol. The summed E-state index contributed by atoms with van der Waals surface area (Å²) in [6, 6.07) is 14.9. The van der Waals surface area contributed by atoms with Gasteiger partial charge in [-0.1, -0.05) is 34.1 Å². The lowest BCUT2D eigenvalue weighted by Gasteiger charge is -2.10. The van der Waals surface area contributed by atoms with E-state index in [-0.39, 0.29) is 6.03 Å². The summed E-state index contributed by atoms with van der Waals surface area (Å²) in [5.41, 5.74) is 1.83. The molecule has 4 nitrogen and oxygen atoms in total. The van der Waals surface area contributed by atoms with Gasteiger partial charge in [0, 0.05) is 10.2 Å². The van der Waals surface area contributed by atoms with Crippen molar-refractivity contribution in [3.05, 3.63) is 58.6 Å². The Kier molecular flexibility index (Phi) is 5.63. The van der Waals surface area contributed by atoms with Gasteiger partial charge in [0.05, 0.1) is 6.54 Å². The van der Waals surface area contributed by atoms with E-state index < -0.39 is 0 Å². The van der Waals surface area contributed by atoms with Crippen LogP contribution in [0.15, 0.2) is 53.0 Å². The molecular weight excluding hydrogens is 332 g/mol. The Morgan fingerprint density at radius 3 is 2.57 bits per heavy atom. The molecular formula is C16H17BrN2O2. The summed E-state index contributed by atoms with van der Waals surface area (Å²) < 4.78 is 6.58. The molecule has 2 amide bonds. The number of halogens is 1. The Balaban J connectivity index is 1.70. The summed E-state index contributed by atoms with van der Waals surface area (Å²) in [4.78, 5) is 11.7. The molecule has 0 aliphatic rings. The van der Waals surface area contributed by atoms with Gasteiger partial charge in [-0.3, -0.25) is 0 Å². The number of para-hydroxylation sites is 1. The molecule has 0 saturated carbocycles. The summed E-state index contributed by atoms with van der Waals surface area (Å²) >= 11 is 3.35.